The standard InChI is InChI=1S/C11H20N2/c1-13(2)7-6-12-11-8-9-4-3-5-10(9)11/h3,5,9-12H,4,6-8H2,1-2H3. The highest BCUT2D eigenvalue weighted by atomic mass is 15.1. The van der Waals surface area contributed by atoms with Gasteiger partial charge in [0.05, 0.1) is 0 Å². The maximum absolute atomic E-state index is 3.63. The molecule has 0 aromatic heterocycles. The van der Waals surface area contributed by atoms with Crippen molar-refractivity contribution in [2.24, 2.45) is 11.8 Å². The SMILES string of the molecule is CN(C)CCNC1CC2CC=CC21. The van der Waals surface area contributed by atoms with E-state index in [1.807, 2.05) is 0 Å². The zero-order chi connectivity index (χ0) is 9.26. The Morgan fingerprint density at radius 2 is 2.31 bits per heavy atom. The summed E-state index contributed by atoms with van der Waals surface area (Å²) in [4.78, 5) is 2.23. The number of likely N-dealkylation sites (N-methyl/N-ethyl adjacent to an activating group) is 1. The zero-order valence-electron chi connectivity index (χ0n) is 8.66. The van der Waals surface area contributed by atoms with Crippen molar-refractivity contribution >= 4 is 0 Å². The van der Waals surface area contributed by atoms with Gasteiger partial charge in [-0.3, -0.25) is 0 Å². The van der Waals surface area contributed by atoms with Crippen molar-refractivity contribution in [2.75, 3.05) is 27.2 Å². The first-order valence-electron chi connectivity index (χ1n) is 5.32. The molecule has 0 aromatic rings. The van der Waals surface area contributed by atoms with Crippen LogP contribution in [0.25, 0.3) is 0 Å². The van der Waals surface area contributed by atoms with Crippen LogP contribution in [0.1, 0.15) is 12.8 Å². The van der Waals surface area contributed by atoms with Gasteiger partial charge in [-0.2, -0.15) is 0 Å². The molecule has 0 aromatic carbocycles. The van der Waals surface area contributed by atoms with E-state index in [4.69, 9.17) is 0 Å². The van der Waals surface area contributed by atoms with Crippen molar-refractivity contribution in [3.05, 3.63) is 12.2 Å². The number of nitrogens with zero attached hydrogens (tertiary/aromatic N) is 1. The molecule has 2 aliphatic carbocycles. The van der Waals surface area contributed by atoms with Gasteiger partial charge >= 0.3 is 0 Å². The van der Waals surface area contributed by atoms with E-state index in [1.54, 1.807) is 0 Å². The van der Waals surface area contributed by atoms with E-state index in [0.717, 1.165) is 31.0 Å². The van der Waals surface area contributed by atoms with E-state index in [1.165, 1.54) is 12.8 Å². The molecule has 0 aliphatic heterocycles. The van der Waals surface area contributed by atoms with Crippen LogP contribution in [0.2, 0.25) is 0 Å². The van der Waals surface area contributed by atoms with E-state index in [9.17, 15) is 0 Å². The predicted octanol–water partition coefficient (Wildman–Crippen LogP) is 1.10. The molecule has 0 bridgehead atoms. The fraction of sp³-hybridized carbons (Fsp3) is 0.818. The Balaban J connectivity index is 1.64. The average Bonchev–Trinajstić information content (AvgIpc) is 2.40. The summed E-state index contributed by atoms with van der Waals surface area (Å²) >= 11 is 0. The van der Waals surface area contributed by atoms with Crippen LogP contribution in [0.5, 0.6) is 0 Å². The Bertz CT molecular complexity index is 198. The van der Waals surface area contributed by atoms with Crippen molar-refractivity contribution in [2.45, 2.75) is 18.9 Å². The van der Waals surface area contributed by atoms with Gasteiger partial charge in [-0.05, 0) is 38.8 Å². The minimum absolute atomic E-state index is 0.781. The predicted molar refractivity (Wildman–Crippen MR) is 55.7 cm³/mol. The fourth-order valence-corrected chi connectivity index (χ4v) is 2.42. The van der Waals surface area contributed by atoms with Gasteiger partial charge in [0.1, 0.15) is 0 Å². The van der Waals surface area contributed by atoms with E-state index in [0.29, 0.717) is 0 Å². The maximum atomic E-state index is 3.63. The van der Waals surface area contributed by atoms with Crippen molar-refractivity contribution in [1.29, 1.82) is 0 Å². The third-order valence-electron chi connectivity index (χ3n) is 3.33. The second-order valence-corrected chi connectivity index (χ2v) is 4.60. The molecule has 13 heavy (non-hydrogen) atoms. The van der Waals surface area contributed by atoms with Crippen LogP contribution in [0.4, 0.5) is 0 Å². The molecule has 0 amide bonds. The molecule has 1 saturated carbocycles. The molecule has 2 heteroatoms. The van der Waals surface area contributed by atoms with Crippen molar-refractivity contribution in [1.82, 2.24) is 10.2 Å². The molecule has 3 unspecified atom stereocenters. The summed E-state index contributed by atoms with van der Waals surface area (Å²) in [6.45, 7) is 2.28. The maximum Gasteiger partial charge on any atom is 0.0136 e. The first-order chi connectivity index (χ1) is 6.27. The van der Waals surface area contributed by atoms with Gasteiger partial charge in [-0.15, -0.1) is 0 Å². The Hall–Kier alpha value is -0.340. The minimum atomic E-state index is 0.781. The second-order valence-electron chi connectivity index (χ2n) is 4.60. The lowest BCUT2D eigenvalue weighted by Gasteiger charge is -2.41. The second kappa shape index (κ2) is 3.81. The van der Waals surface area contributed by atoms with Crippen molar-refractivity contribution in [3.63, 3.8) is 0 Å². The largest absolute Gasteiger partial charge is 0.312 e. The highest BCUT2D eigenvalue weighted by Gasteiger charge is 2.40. The molecule has 0 radical (unpaired) electrons. The normalized spacial score (nSPS) is 36.4. The topological polar surface area (TPSA) is 15.3 Å². The number of allylic oxidation sites excluding steroid dienone is 1. The summed E-state index contributed by atoms with van der Waals surface area (Å²) in [6.07, 6.45) is 7.48. The smallest absolute Gasteiger partial charge is 0.0136 e. The summed E-state index contributed by atoms with van der Waals surface area (Å²) in [7, 11) is 4.25. The summed E-state index contributed by atoms with van der Waals surface area (Å²) < 4.78 is 0. The highest BCUT2D eigenvalue weighted by Crippen LogP contribution is 2.42. The van der Waals surface area contributed by atoms with Gasteiger partial charge < -0.3 is 10.2 Å². The van der Waals surface area contributed by atoms with Gasteiger partial charge in [0.2, 0.25) is 0 Å². The molecule has 0 spiro atoms. The van der Waals surface area contributed by atoms with Gasteiger partial charge in [-0.1, -0.05) is 12.2 Å². The first kappa shape index (κ1) is 9.22. The lowest BCUT2D eigenvalue weighted by molar-refractivity contribution is 0.161. The molecule has 1 N–H and O–H groups in total. The summed E-state index contributed by atoms with van der Waals surface area (Å²) in [5.74, 6) is 1.85. The molecule has 2 aliphatic rings. The third kappa shape index (κ3) is 1.94. The third-order valence-corrected chi connectivity index (χ3v) is 3.33. The van der Waals surface area contributed by atoms with Crippen LogP contribution in [0.3, 0.4) is 0 Å². The molecule has 1 fully saturated rings. The van der Waals surface area contributed by atoms with Gasteiger partial charge in [0, 0.05) is 19.1 Å². The molecular formula is C11H20N2. The van der Waals surface area contributed by atoms with Crippen LogP contribution in [-0.4, -0.2) is 38.1 Å². The van der Waals surface area contributed by atoms with Crippen LogP contribution in [0, 0.1) is 11.8 Å². The summed E-state index contributed by atoms with van der Waals surface area (Å²) in [6, 6.07) is 0.781. The fourth-order valence-electron chi connectivity index (χ4n) is 2.42. The van der Waals surface area contributed by atoms with Gasteiger partial charge in [0.15, 0.2) is 0 Å². The number of rotatable bonds is 4. The van der Waals surface area contributed by atoms with Crippen LogP contribution in [-0.2, 0) is 0 Å². The van der Waals surface area contributed by atoms with Crippen molar-refractivity contribution in [3.8, 4) is 0 Å². The quantitative estimate of drug-likeness (QED) is 0.652. The monoisotopic (exact) mass is 180 g/mol. The van der Waals surface area contributed by atoms with E-state index in [2.05, 4.69) is 36.5 Å². The molecule has 2 nitrogen and oxygen atoms in total. The van der Waals surface area contributed by atoms with Gasteiger partial charge in [-0.25, -0.2) is 0 Å². The summed E-state index contributed by atoms with van der Waals surface area (Å²) in [5.41, 5.74) is 0. The Morgan fingerprint density at radius 3 is 3.00 bits per heavy atom. The molecule has 2 rings (SSSR count). The molecule has 0 saturated heterocycles. The number of hydrogen-bond donors (Lipinski definition) is 1. The lowest BCUT2D eigenvalue weighted by Crippen LogP contribution is -2.49. The molecular weight excluding hydrogens is 160 g/mol. The Labute approximate surface area is 81.0 Å². The van der Waals surface area contributed by atoms with Crippen LogP contribution >= 0.6 is 0 Å². The lowest BCUT2D eigenvalue weighted by atomic mass is 9.71. The summed E-state index contributed by atoms with van der Waals surface area (Å²) in [5, 5.41) is 3.63. The first-order valence-corrected chi connectivity index (χ1v) is 5.32. The van der Waals surface area contributed by atoms with Crippen molar-refractivity contribution < 1.29 is 0 Å². The van der Waals surface area contributed by atoms with Crippen LogP contribution in [0.15, 0.2) is 12.2 Å². The van der Waals surface area contributed by atoms with Gasteiger partial charge in [0.25, 0.3) is 0 Å². The Morgan fingerprint density at radius 1 is 1.46 bits per heavy atom. The number of hydrogen-bond acceptors (Lipinski definition) is 2. The van der Waals surface area contributed by atoms with Crippen LogP contribution < -0.4 is 5.32 Å². The number of fused-ring (bicyclic) bond motifs is 1. The Kier molecular flexibility index (Phi) is 2.70. The minimum Gasteiger partial charge on any atom is -0.312 e. The van der Waals surface area contributed by atoms with E-state index < -0.39 is 0 Å². The molecule has 0 heterocycles. The van der Waals surface area contributed by atoms with E-state index >= 15 is 0 Å². The molecule has 3 atom stereocenters. The zero-order valence-corrected chi connectivity index (χ0v) is 8.66. The van der Waals surface area contributed by atoms with E-state index in [-0.39, 0.29) is 0 Å². The number of nitrogens with one attached hydrogen (secondary N) is 1. The average molecular weight is 180 g/mol. The highest BCUT2D eigenvalue weighted by molar-refractivity contribution is 5.12. The molecule has 74 valence electrons.